The molecule has 5 nitrogen and oxygen atoms in total. The summed E-state index contributed by atoms with van der Waals surface area (Å²) in [5, 5.41) is 0. The van der Waals surface area contributed by atoms with E-state index in [0.717, 1.165) is 12.1 Å². The molecule has 1 atom stereocenters. The number of ether oxygens (including phenoxy) is 1. The Balaban J connectivity index is 1.54. The third kappa shape index (κ3) is 3.55. The largest absolute Gasteiger partial charge is 0.472 e. The fourth-order valence-electron chi connectivity index (χ4n) is 2.42. The number of aryl methyl sites for hydroxylation is 1. The fraction of sp³-hybridized carbons (Fsp3) is 0.294. The second-order valence-electron chi connectivity index (χ2n) is 5.28. The van der Waals surface area contributed by atoms with Crippen molar-refractivity contribution in [3.8, 4) is 5.88 Å². The second-order valence-corrected chi connectivity index (χ2v) is 5.28. The number of hydrogen-bond acceptors (Lipinski definition) is 4. The van der Waals surface area contributed by atoms with Crippen LogP contribution in [-0.2, 0) is 4.79 Å². The van der Waals surface area contributed by atoms with Gasteiger partial charge in [0.15, 0.2) is 0 Å². The Kier molecular flexibility index (Phi) is 4.23. The highest BCUT2D eigenvalue weighted by Crippen LogP contribution is 2.17. The smallest absolute Gasteiger partial charge is 0.246 e. The fourth-order valence-corrected chi connectivity index (χ4v) is 2.42. The molecule has 5 heteroatoms. The maximum atomic E-state index is 12.1. The van der Waals surface area contributed by atoms with E-state index in [0.29, 0.717) is 24.7 Å². The molecular weight excluding hydrogens is 280 g/mol. The van der Waals surface area contributed by atoms with Gasteiger partial charge >= 0.3 is 0 Å². The van der Waals surface area contributed by atoms with Crippen LogP contribution in [0.15, 0.2) is 47.1 Å². The van der Waals surface area contributed by atoms with Gasteiger partial charge in [0.25, 0.3) is 0 Å². The highest BCUT2D eigenvalue weighted by molar-refractivity contribution is 5.91. The van der Waals surface area contributed by atoms with Crippen LogP contribution in [0.2, 0.25) is 0 Å². The number of pyridine rings is 1. The maximum Gasteiger partial charge on any atom is 0.246 e. The molecule has 114 valence electrons. The molecule has 3 heterocycles. The zero-order valence-corrected chi connectivity index (χ0v) is 12.4. The minimum absolute atomic E-state index is 0.00439. The van der Waals surface area contributed by atoms with Crippen LogP contribution in [0, 0.1) is 6.92 Å². The first kappa shape index (κ1) is 14.4. The summed E-state index contributed by atoms with van der Waals surface area (Å²) in [6, 6.07) is 9.29. The van der Waals surface area contributed by atoms with Crippen molar-refractivity contribution in [1.29, 1.82) is 0 Å². The van der Waals surface area contributed by atoms with Gasteiger partial charge in [0.2, 0.25) is 11.8 Å². The van der Waals surface area contributed by atoms with E-state index in [9.17, 15) is 4.79 Å². The lowest BCUT2D eigenvalue weighted by molar-refractivity contribution is -0.125. The molecule has 1 aliphatic heterocycles. The van der Waals surface area contributed by atoms with Crippen LogP contribution in [0.3, 0.4) is 0 Å². The SMILES string of the molecule is Cc1cccc(OC2CCN(C(=O)C=Cc3ccco3)C2)n1. The Bertz CT molecular complexity index is 664. The van der Waals surface area contributed by atoms with E-state index < -0.39 is 0 Å². The number of carbonyl (C=O) groups excluding carboxylic acids is 1. The van der Waals surface area contributed by atoms with Crippen LogP contribution < -0.4 is 4.74 Å². The van der Waals surface area contributed by atoms with Crippen LogP contribution in [0.4, 0.5) is 0 Å². The highest BCUT2D eigenvalue weighted by atomic mass is 16.5. The highest BCUT2D eigenvalue weighted by Gasteiger charge is 2.26. The summed E-state index contributed by atoms with van der Waals surface area (Å²) in [6.45, 7) is 3.20. The summed E-state index contributed by atoms with van der Waals surface area (Å²) in [5.74, 6) is 1.26. The van der Waals surface area contributed by atoms with Gasteiger partial charge in [-0.1, -0.05) is 6.07 Å². The molecule has 3 rings (SSSR count). The molecule has 0 spiro atoms. The first-order valence-electron chi connectivity index (χ1n) is 7.31. The van der Waals surface area contributed by atoms with Crippen LogP contribution in [0.25, 0.3) is 6.08 Å². The number of rotatable bonds is 4. The molecule has 0 radical (unpaired) electrons. The Morgan fingerprint density at radius 1 is 1.41 bits per heavy atom. The summed E-state index contributed by atoms with van der Waals surface area (Å²) in [7, 11) is 0. The molecule has 0 aliphatic carbocycles. The summed E-state index contributed by atoms with van der Waals surface area (Å²) in [5.41, 5.74) is 0.921. The van der Waals surface area contributed by atoms with E-state index in [1.165, 1.54) is 6.08 Å². The molecule has 0 bridgehead atoms. The van der Waals surface area contributed by atoms with Crippen molar-refractivity contribution >= 4 is 12.0 Å². The molecule has 1 fully saturated rings. The zero-order valence-electron chi connectivity index (χ0n) is 12.4. The summed E-state index contributed by atoms with van der Waals surface area (Å²) in [4.78, 5) is 18.2. The number of amides is 1. The third-order valence-electron chi connectivity index (χ3n) is 3.54. The number of likely N-dealkylation sites (tertiary alicyclic amines) is 1. The molecule has 1 unspecified atom stereocenters. The predicted octanol–water partition coefficient (Wildman–Crippen LogP) is 2.68. The molecule has 2 aromatic heterocycles. The molecule has 0 aromatic carbocycles. The van der Waals surface area contributed by atoms with Crippen molar-refractivity contribution in [3.63, 3.8) is 0 Å². The minimum Gasteiger partial charge on any atom is -0.472 e. The lowest BCUT2D eigenvalue weighted by Gasteiger charge is -2.15. The van der Waals surface area contributed by atoms with Crippen LogP contribution in [0.5, 0.6) is 5.88 Å². The molecule has 2 aromatic rings. The van der Waals surface area contributed by atoms with Crippen molar-refractivity contribution in [3.05, 3.63) is 54.1 Å². The zero-order chi connectivity index (χ0) is 15.4. The van der Waals surface area contributed by atoms with Crippen LogP contribution in [-0.4, -0.2) is 35.0 Å². The van der Waals surface area contributed by atoms with E-state index in [4.69, 9.17) is 9.15 Å². The van der Waals surface area contributed by atoms with Gasteiger partial charge in [-0.05, 0) is 31.2 Å². The number of carbonyl (C=O) groups is 1. The van der Waals surface area contributed by atoms with Gasteiger partial charge < -0.3 is 14.1 Å². The van der Waals surface area contributed by atoms with Gasteiger partial charge in [0.05, 0.1) is 12.8 Å². The van der Waals surface area contributed by atoms with Gasteiger partial charge in [-0.15, -0.1) is 0 Å². The molecule has 22 heavy (non-hydrogen) atoms. The second kappa shape index (κ2) is 6.47. The Hall–Kier alpha value is -2.56. The van der Waals surface area contributed by atoms with Gasteiger partial charge in [-0.3, -0.25) is 4.79 Å². The number of furan rings is 1. The van der Waals surface area contributed by atoms with Gasteiger partial charge in [0.1, 0.15) is 11.9 Å². The molecular formula is C17H18N2O3. The predicted molar refractivity (Wildman–Crippen MR) is 82.3 cm³/mol. The van der Waals surface area contributed by atoms with Crippen molar-refractivity contribution in [1.82, 2.24) is 9.88 Å². The number of aromatic nitrogens is 1. The van der Waals surface area contributed by atoms with E-state index >= 15 is 0 Å². The minimum atomic E-state index is -0.0281. The van der Waals surface area contributed by atoms with Crippen LogP contribution >= 0.6 is 0 Å². The molecule has 1 amide bonds. The normalized spacial score (nSPS) is 18.0. The Morgan fingerprint density at radius 2 is 2.32 bits per heavy atom. The summed E-state index contributed by atoms with van der Waals surface area (Å²) in [6.07, 6.45) is 5.61. The van der Waals surface area contributed by atoms with Crippen molar-refractivity contribution in [2.75, 3.05) is 13.1 Å². The lowest BCUT2D eigenvalue weighted by Crippen LogP contribution is -2.29. The van der Waals surface area contributed by atoms with Crippen molar-refractivity contribution < 1.29 is 13.9 Å². The van der Waals surface area contributed by atoms with Crippen molar-refractivity contribution in [2.45, 2.75) is 19.4 Å². The first-order valence-corrected chi connectivity index (χ1v) is 7.31. The molecule has 1 aliphatic rings. The average molecular weight is 298 g/mol. The number of nitrogens with zero attached hydrogens (tertiary/aromatic N) is 2. The maximum absolute atomic E-state index is 12.1. The molecule has 1 saturated heterocycles. The third-order valence-corrected chi connectivity index (χ3v) is 3.54. The lowest BCUT2D eigenvalue weighted by atomic mass is 10.3. The van der Waals surface area contributed by atoms with E-state index in [1.807, 2.05) is 31.2 Å². The topological polar surface area (TPSA) is 55.6 Å². The summed E-state index contributed by atoms with van der Waals surface area (Å²) >= 11 is 0. The van der Waals surface area contributed by atoms with Gasteiger partial charge in [-0.25, -0.2) is 4.98 Å². The van der Waals surface area contributed by atoms with Crippen molar-refractivity contribution in [2.24, 2.45) is 0 Å². The Labute approximate surface area is 129 Å². The van der Waals surface area contributed by atoms with E-state index in [2.05, 4.69) is 4.98 Å². The first-order chi connectivity index (χ1) is 10.7. The average Bonchev–Trinajstić information content (AvgIpc) is 3.16. The molecule has 0 saturated carbocycles. The standard InChI is InChI=1S/C17H18N2O3/c1-13-4-2-6-16(18-13)22-15-9-10-19(12-15)17(20)8-7-14-5-3-11-21-14/h2-8,11,15H,9-10,12H2,1H3. The van der Waals surface area contributed by atoms with Gasteiger partial charge in [0, 0.05) is 30.8 Å². The van der Waals surface area contributed by atoms with Gasteiger partial charge in [-0.2, -0.15) is 0 Å². The number of hydrogen-bond donors (Lipinski definition) is 0. The molecule has 0 N–H and O–H groups in total. The van der Waals surface area contributed by atoms with Crippen LogP contribution in [0.1, 0.15) is 17.9 Å². The summed E-state index contributed by atoms with van der Waals surface area (Å²) < 4.78 is 11.0. The monoisotopic (exact) mass is 298 g/mol. The Morgan fingerprint density at radius 3 is 3.09 bits per heavy atom. The van der Waals surface area contributed by atoms with E-state index in [1.54, 1.807) is 23.3 Å². The quantitative estimate of drug-likeness (QED) is 0.814. The van der Waals surface area contributed by atoms with E-state index in [-0.39, 0.29) is 12.0 Å².